The highest BCUT2D eigenvalue weighted by molar-refractivity contribution is 6.17. The van der Waals surface area contributed by atoms with Crippen LogP contribution in [-0.4, -0.2) is 49.6 Å². The van der Waals surface area contributed by atoms with Gasteiger partial charge in [0.05, 0.1) is 7.11 Å². The van der Waals surface area contributed by atoms with Crippen molar-refractivity contribution < 1.29 is 23.9 Å². The second-order valence-electron chi connectivity index (χ2n) is 7.78. The Kier molecular flexibility index (Phi) is 8.22. The van der Waals surface area contributed by atoms with E-state index in [-0.39, 0.29) is 23.7 Å². The van der Waals surface area contributed by atoms with Gasteiger partial charge in [-0.05, 0) is 44.4 Å². The Morgan fingerprint density at radius 2 is 1.86 bits per heavy atom. The predicted octanol–water partition coefficient (Wildman–Crippen LogP) is 3.71. The molecule has 0 fully saturated rings. The predicted molar refractivity (Wildman–Crippen MR) is 108 cm³/mol. The summed E-state index contributed by atoms with van der Waals surface area (Å²) >= 11 is 0. The first-order valence-corrected chi connectivity index (χ1v) is 9.02. The molecular formula is C21H30N2O5. The van der Waals surface area contributed by atoms with Crippen molar-refractivity contribution in [2.24, 2.45) is 0 Å². The normalized spacial score (nSPS) is 12.8. The van der Waals surface area contributed by atoms with Crippen LogP contribution in [0.4, 0.5) is 10.5 Å². The van der Waals surface area contributed by atoms with Gasteiger partial charge in [-0.25, -0.2) is 9.59 Å². The molecule has 154 valence electrons. The summed E-state index contributed by atoms with van der Waals surface area (Å²) in [5, 5.41) is 2.69. The lowest BCUT2D eigenvalue weighted by molar-refractivity contribution is -0.138. The number of rotatable bonds is 7. The van der Waals surface area contributed by atoms with E-state index in [9.17, 15) is 14.4 Å². The third kappa shape index (κ3) is 7.82. The molecule has 0 aliphatic heterocycles. The van der Waals surface area contributed by atoms with Gasteiger partial charge in [0.25, 0.3) is 0 Å². The summed E-state index contributed by atoms with van der Waals surface area (Å²) in [6.07, 6.45) is 1.04. The minimum absolute atomic E-state index is 0.00221. The van der Waals surface area contributed by atoms with Gasteiger partial charge in [-0.2, -0.15) is 0 Å². The first-order chi connectivity index (χ1) is 12.9. The van der Waals surface area contributed by atoms with Crippen molar-refractivity contribution in [3.63, 3.8) is 0 Å². The average Bonchev–Trinajstić information content (AvgIpc) is 2.57. The van der Waals surface area contributed by atoms with Crippen molar-refractivity contribution in [1.29, 1.82) is 0 Å². The van der Waals surface area contributed by atoms with Crippen molar-refractivity contribution in [2.45, 2.75) is 45.6 Å². The minimum Gasteiger partial charge on any atom is -0.465 e. The SMILES string of the molecule is COC(=O)/C(=C\N(C)C)C(=O)CC(C)c1cccc(NC(=O)OC(C)(C)C)c1. The van der Waals surface area contributed by atoms with Gasteiger partial charge in [-0.3, -0.25) is 10.1 Å². The number of benzene rings is 1. The van der Waals surface area contributed by atoms with Gasteiger partial charge in [0.2, 0.25) is 0 Å². The molecular weight excluding hydrogens is 360 g/mol. The van der Waals surface area contributed by atoms with E-state index in [1.165, 1.54) is 13.3 Å². The number of hydrogen-bond donors (Lipinski definition) is 1. The lowest BCUT2D eigenvalue weighted by Crippen LogP contribution is -2.27. The number of anilines is 1. The van der Waals surface area contributed by atoms with Gasteiger partial charge in [0, 0.05) is 32.4 Å². The summed E-state index contributed by atoms with van der Waals surface area (Å²) in [4.78, 5) is 38.1. The van der Waals surface area contributed by atoms with E-state index in [2.05, 4.69) is 5.32 Å². The van der Waals surface area contributed by atoms with Gasteiger partial charge in [0.1, 0.15) is 11.2 Å². The molecule has 1 unspecified atom stereocenters. The highest BCUT2D eigenvalue weighted by Crippen LogP contribution is 2.24. The first-order valence-electron chi connectivity index (χ1n) is 9.02. The second-order valence-corrected chi connectivity index (χ2v) is 7.78. The fraction of sp³-hybridized carbons (Fsp3) is 0.476. The Bertz CT molecular complexity index is 747. The lowest BCUT2D eigenvalue weighted by atomic mass is 9.93. The van der Waals surface area contributed by atoms with Crippen molar-refractivity contribution in [3.05, 3.63) is 41.6 Å². The van der Waals surface area contributed by atoms with Gasteiger partial charge >= 0.3 is 12.1 Å². The highest BCUT2D eigenvalue weighted by Gasteiger charge is 2.22. The monoisotopic (exact) mass is 390 g/mol. The number of Topliss-reactive ketones (excluding diaryl/α,β-unsaturated/α-hetero) is 1. The van der Waals surface area contributed by atoms with Crippen LogP contribution in [0.25, 0.3) is 0 Å². The largest absolute Gasteiger partial charge is 0.465 e. The Morgan fingerprint density at radius 3 is 2.39 bits per heavy atom. The number of nitrogens with zero attached hydrogens (tertiary/aromatic N) is 1. The summed E-state index contributed by atoms with van der Waals surface area (Å²) in [5.74, 6) is -1.13. The van der Waals surface area contributed by atoms with E-state index < -0.39 is 17.7 Å². The minimum atomic E-state index is -0.661. The quantitative estimate of drug-likeness (QED) is 0.331. The van der Waals surface area contributed by atoms with Gasteiger partial charge < -0.3 is 14.4 Å². The Labute approximate surface area is 166 Å². The molecule has 1 aromatic carbocycles. The zero-order valence-corrected chi connectivity index (χ0v) is 17.7. The fourth-order valence-electron chi connectivity index (χ4n) is 2.46. The molecule has 1 amide bonds. The third-order valence-corrected chi connectivity index (χ3v) is 3.69. The molecule has 1 N–H and O–H groups in total. The van der Waals surface area contributed by atoms with Crippen LogP contribution in [0.3, 0.4) is 0 Å². The standard InChI is InChI=1S/C21H30N2O5/c1-14(11-18(24)17(13-23(5)6)19(25)27-7)15-9-8-10-16(12-15)22-20(26)28-21(2,3)4/h8-10,12-14H,11H2,1-7H3,(H,22,26)/b17-13-. The summed E-state index contributed by atoms with van der Waals surface area (Å²) in [5.41, 5.74) is 0.839. The molecule has 1 atom stereocenters. The molecule has 1 aromatic rings. The maximum atomic E-state index is 12.6. The molecule has 7 heteroatoms. The van der Waals surface area contributed by atoms with Crippen LogP contribution >= 0.6 is 0 Å². The summed E-state index contributed by atoms with van der Waals surface area (Å²) in [6.45, 7) is 7.25. The average molecular weight is 390 g/mol. The molecule has 0 saturated heterocycles. The summed E-state index contributed by atoms with van der Waals surface area (Å²) in [7, 11) is 4.70. The molecule has 1 rings (SSSR count). The zero-order valence-electron chi connectivity index (χ0n) is 17.7. The molecule has 0 saturated carbocycles. The van der Waals surface area contributed by atoms with Crippen LogP contribution in [0.5, 0.6) is 0 Å². The number of carbonyl (C=O) groups is 3. The van der Waals surface area contributed by atoms with Crippen LogP contribution in [0, 0.1) is 0 Å². The summed E-state index contributed by atoms with van der Waals surface area (Å²) < 4.78 is 9.95. The van der Waals surface area contributed by atoms with Crippen LogP contribution in [0.15, 0.2) is 36.0 Å². The van der Waals surface area contributed by atoms with E-state index in [0.717, 1.165) is 5.56 Å². The lowest BCUT2D eigenvalue weighted by Gasteiger charge is -2.20. The number of ether oxygens (including phenoxy) is 2. The molecule has 0 aliphatic carbocycles. The molecule has 0 aromatic heterocycles. The van der Waals surface area contributed by atoms with Crippen molar-refractivity contribution >= 4 is 23.5 Å². The van der Waals surface area contributed by atoms with Crippen LogP contribution in [-0.2, 0) is 19.1 Å². The maximum absolute atomic E-state index is 12.6. The number of nitrogens with one attached hydrogen (secondary N) is 1. The van der Waals surface area contributed by atoms with E-state index >= 15 is 0 Å². The molecule has 0 radical (unpaired) electrons. The topological polar surface area (TPSA) is 84.9 Å². The Morgan fingerprint density at radius 1 is 1.21 bits per heavy atom. The Balaban J connectivity index is 2.89. The molecule has 28 heavy (non-hydrogen) atoms. The van der Waals surface area contributed by atoms with Gasteiger partial charge in [0.15, 0.2) is 5.78 Å². The van der Waals surface area contributed by atoms with Crippen molar-refractivity contribution in [2.75, 3.05) is 26.5 Å². The number of ketones is 1. The summed E-state index contributed by atoms with van der Waals surface area (Å²) in [6, 6.07) is 7.19. The number of esters is 1. The zero-order chi connectivity index (χ0) is 21.5. The first kappa shape index (κ1) is 23.2. The highest BCUT2D eigenvalue weighted by atomic mass is 16.6. The fourth-order valence-corrected chi connectivity index (χ4v) is 2.46. The molecule has 0 spiro atoms. The second kappa shape index (κ2) is 9.92. The van der Waals surface area contributed by atoms with Gasteiger partial charge in [-0.15, -0.1) is 0 Å². The molecule has 7 nitrogen and oxygen atoms in total. The van der Waals surface area contributed by atoms with Gasteiger partial charge in [-0.1, -0.05) is 19.1 Å². The maximum Gasteiger partial charge on any atom is 0.412 e. The molecule has 0 bridgehead atoms. The Hall–Kier alpha value is -2.83. The van der Waals surface area contributed by atoms with E-state index in [4.69, 9.17) is 9.47 Å². The molecule has 0 heterocycles. The number of amides is 1. The van der Waals surface area contributed by atoms with E-state index in [1.807, 2.05) is 13.0 Å². The van der Waals surface area contributed by atoms with Crippen LogP contribution in [0.2, 0.25) is 0 Å². The molecule has 0 aliphatic rings. The number of methoxy groups -OCH3 is 1. The number of hydrogen-bond acceptors (Lipinski definition) is 6. The van der Waals surface area contributed by atoms with Crippen LogP contribution in [0.1, 0.15) is 45.6 Å². The number of carbonyl (C=O) groups excluding carboxylic acids is 3. The van der Waals surface area contributed by atoms with Crippen molar-refractivity contribution in [3.8, 4) is 0 Å². The smallest absolute Gasteiger partial charge is 0.412 e. The van der Waals surface area contributed by atoms with Crippen molar-refractivity contribution in [1.82, 2.24) is 4.90 Å². The third-order valence-electron chi connectivity index (χ3n) is 3.69. The van der Waals surface area contributed by atoms with E-state index in [1.54, 1.807) is 58.0 Å². The van der Waals surface area contributed by atoms with Crippen LogP contribution < -0.4 is 5.32 Å². The van der Waals surface area contributed by atoms with E-state index in [0.29, 0.717) is 5.69 Å².